The van der Waals surface area contributed by atoms with Gasteiger partial charge in [-0.1, -0.05) is 47.7 Å². The van der Waals surface area contributed by atoms with Gasteiger partial charge in [0.1, 0.15) is 23.9 Å². The minimum absolute atomic E-state index is 0.157. The maximum absolute atomic E-state index is 13.7. The number of hydrogen-bond donors (Lipinski definition) is 1. The third-order valence-corrected chi connectivity index (χ3v) is 8.19. The van der Waals surface area contributed by atoms with Crippen molar-refractivity contribution in [3.63, 3.8) is 0 Å². The van der Waals surface area contributed by atoms with Crippen LogP contribution in [0.4, 0.5) is 9.52 Å². The SMILES string of the molecule is CCOc1ccc2nc(N3C(=O)C(=O)/C(=C(/O)c4ccc(F)cc4)C3c3ccc(OCc4ccccc4)c(OC)c3)sc2c1. The molecule has 0 radical (unpaired) electrons. The number of ether oxygens (including phenoxy) is 3. The number of nitrogens with zero attached hydrogens (tertiary/aromatic N) is 2. The highest BCUT2D eigenvalue weighted by Gasteiger charge is 2.48. The number of carbonyl (C=O) groups is 2. The first-order valence-electron chi connectivity index (χ1n) is 13.8. The Labute approximate surface area is 256 Å². The molecule has 1 amide bonds. The number of rotatable bonds is 9. The van der Waals surface area contributed by atoms with Crippen LogP contribution >= 0.6 is 11.3 Å². The monoisotopic (exact) mass is 610 g/mol. The summed E-state index contributed by atoms with van der Waals surface area (Å²) in [5.74, 6) is -1.20. The number of anilines is 1. The lowest BCUT2D eigenvalue weighted by atomic mass is 9.95. The smallest absolute Gasteiger partial charge is 0.301 e. The van der Waals surface area contributed by atoms with Crippen molar-refractivity contribution in [2.75, 3.05) is 18.6 Å². The van der Waals surface area contributed by atoms with Crippen molar-refractivity contribution in [3.8, 4) is 17.2 Å². The van der Waals surface area contributed by atoms with Crippen LogP contribution in [0, 0.1) is 5.82 Å². The van der Waals surface area contributed by atoms with Gasteiger partial charge in [0, 0.05) is 5.56 Å². The van der Waals surface area contributed by atoms with Crippen LogP contribution in [0.3, 0.4) is 0 Å². The zero-order chi connectivity index (χ0) is 30.8. The largest absolute Gasteiger partial charge is 0.507 e. The maximum Gasteiger partial charge on any atom is 0.301 e. The number of halogens is 1. The molecule has 5 aromatic rings. The third kappa shape index (κ3) is 5.47. The number of aliphatic hydroxyl groups is 1. The number of aromatic nitrogens is 1. The molecule has 1 aliphatic rings. The number of thiazole rings is 1. The van der Waals surface area contributed by atoms with Crippen molar-refractivity contribution in [2.45, 2.75) is 19.6 Å². The van der Waals surface area contributed by atoms with Crippen LogP contribution in [0.5, 0.6) is 17.2 Å². The Morgan fingerprint density at radius 1 is 0.955 bits per heavy atom. The van der Waals surface area contributed by atoms with E-state index in [9.17, 15) is 19.1 Å². The Kier molecular flexibility index (Phi) is 7.99. The number of aliphatic hydroxyl groups excluding tert-OH is 1. The van der Waals surface area contributed by atoms with Gasteiger partial charge in [-0.25, -0.2) is 9.37 Å². The molecular formula is C34H27FN2O6S. The zero-order valence-electron chi connectivity index (χ0n) is 23.8. The number of hydrogen-bond acceptors (Lipinski definition) is 8. The van der Waals surface area contributed by atoms with Crippen molar-refractivity contribution in [3.05, 3.63) is 119 Å². The maximum atomic E-state index is 13.7. The summed E-state index contributed by atoms with van der Waals surface area (Å²) in [6.45, 7) is 2.67. The molecule has 0 spiro atoms. The van der Waals surface area contributed by atoms with Crippen LogP contribution in [0.2, 0.25) is 0 Å². The van der Waals surface area contributed by atoms with Gasteiger partial charge in [0.25, 0.3) is 5.78 Å². The summed E-state index contributed by atoms with van der Waals surface area (Å²) in [6.07, 6.45) is 0. The third-order valence-electron chi connectivity index (χ3n) is 7.17. The predicted octanol–water partition coefficient (Wildman–Crippen LogP) is 7.05. The van der Waals surface area contributed by atoms with Gasteiger partial charge < -0.3 is 19.3 Å². The number of carbonyl (C=O) groups excluding carboxylic acids is 2. The fourth-order valence-electron chi connectivity index (χ4n) is 5.07. The normalized spacial score (nSPS) is 16.0. The van der Waals surface area contributed by atoms with Crippen LogP contribution in [0.25, 0.3) is 16.0 Å². The molecule has 1 unspecified atom stereocenters. The number of Topliss-reactive ketones (excluding diaryl/α,β-unsaturated/α-hetero) is 1. The molecule has 0 aliphatic carbocycles. The molecule has 1 atom stereocenters. The number of fused-ring (bicyclic) bond motifs is 1. The average Bonchev–Trinajstić information content (AvgIpc) is 3.58. The Balaban J connectivity index is 1.47. The number of amides is 1. The molecule has 0 saturated carbocycles. The van der Waals surface area contributed by atoms with Gasteiger partial charge in [-0.2, -0.15) is 0 Å². The summed E-state index contributed by atoms with van der Waals surface area (Å²) in [5.41, 5.74) is 2.10. The highest BCUT2D eigenvalue weighted by molar-refractivity contribution is 7.22. The molecule has 222 valence electrons. The highest BCUT2D eigenvalue weighted by atomic mass is 32.1. The summed E-state index contributed by atoms with van der Waals surface area (Å²) < 4.78 is 31.7. The number of benzene rings is 4. The summed E-state index contributed by atoms with van der Waals surface area (Å²) >= 11 is 1.22. The second-order valence-electron chi connectivity index (χ2n) is 9.92. The van der Waals surface area contributed by atoms with Crippen LogP contribution in [0.1, 0.15) is 29.7 Å². The molecule has 1 N–H and O–H groups in total. The lowest BCUT2D eigenvalue weighted by Gasteiger charge is -2.24. The molecule has 1 aromatic heterocycles. The molecule has 2 heterocycles. The van der Waals surface area contributed by atoms with Gasteiger partial charge in [0.15, 0.2) is 16.6 Å². The minimum Gasteiger partial charge on any atom is -0.507 e. The lowest BCUT2D eigenvalue weighted by molar-refractivity contribution is -0.132. The Morgan fingerprint density at radius 2 is 1.73 bits per heavy atom. The molecule has 6 rings (SSSR count). The van der Waals surface area contributed by atoms with Crippen LogP contribution < -0.4 is 19.1 Å². The van der Waals surface area contributed by atoms with Gasteiger partial charge >= 0.3 is 5.91 Å². The number of ketones is 1. The Morgan fingerprint density at radius 3 is 2.45 bits per heavy atom. The molecular weight excluding hydrogens is 583 g/mol. The first kappa shape index (κ1) is 28.9. The highest BCUT2D eigenvalue weighted by Crippen LogP contribution is 2.46. The van der Waals surface area contributed by atoms with Crippen molar-refractivity contribution in [2.24, 2.45) is 0 Å². The fourth-order valence-corrected chi connectivity index (χ4v) is 6.09. The van der Waals surface area contributed by atoms with Crippen LogP contribution in [0.15, 0.2) is 96.6 Å². The molecule has 44 heavy (non-hydrogen) atoms. The van der Waals surface area contributed by atoms with Gasteiger partial charge in [-0.3, -0.25) is 14.5 Å². The molecule has 8 nitrogen and oxygen atoms in total. The summed E-state index contributed by atoms with van der Waals surface area (Å²) in [7, 11) is 1.49. The van der Waals surface area contributed by atoms with Gasteiger partial charge in [-0.15, -0.1) is 0 Å². The van der Waals surface area contributed by atoms with Crippen LogP contribution in [-0.2, 0) is 16.2 Å². The Hall–Kier alpha value is -5.22. The molecule has 1 aliphatic heterocycles. The van der Waals surface area contributed by atoms with E-state index in [1.807, 2.05) is 43.3 Å². The van der Waals surface area contributed by atoms with Gasteiger partial charge in [0.2, 0.25) is 0 Å². The molecule has 10 heteroatoms. The lowest BCUT2D eigenvalue weighted by Crippen LogP contribution is -2.29. The minimum atomic E-state index is -1.07. The molecule has 4 aromatic carbocycles. The summed E-state index contributed by atoms with van der Waals surface area (Å²) in [6, 6.07) is 24.1. The van der Waals surface area contributed by atoms with E-state index in [0.717, 1.165) is 10.3 Å². The molecule has 0 bridgehead atoms. The fraction of sp³-hybridized carbons (Fsp3) is 0.147. The van der Waals surface area contributed by atoms with Gasteiger partial charge in [-0.05, 0) is 72.6 Å². The second kappa shape index (κ2) is 12.2. The first-order chi connectivity index (χ1) is 21.4. The second-order valence-corrected chi connectivity index (χ2v) is 10.9. The van der Waals surface area contributed by atoms with Crippen molar-refractivity contribution in [1.82, 2.24) is 4.98 Å². The van der Waals surface area contributed by atoms with E-state index in [0.29, 0.717) is 41.5 Å². The van der Waals surface area contributed by atoms with E-state index >= 15 is 0 Å². The van der Waals surface area contributed by atoms with Crippen molar-refractivity contribution < 1.29 is 33.3 Å². The van der Waals surface area contributed by atoms with Crippen molar-refractivity contribution >= 4 is 44.1 Å². The predicted molar refractivity (Wildman–Crippen MR) is 166 cm³/mol. The Bertz CT molecular complexity index is 1890. The standard InChI is InChI=1S/C34H27FN2O6S/c1-3-42-24-14-15-25-28(18-24)44-34(36-25)37-30(29(32(39)33(37)40)31(38)21-9-12-23(35)13-10-21)22-11-16-26(27(17-22)41-2)43-19-20-7-5-4-6-8-20/h4-18,30,38H,3,19H2,1-2H3/b31-29+. The van der Waals surface area contributed by atoms with E-state index in [-0.39, 0.29) is 16.3 Å². The zero-order valence-corrected chi connectivity index (χ0v) is 24.6. The van der Waals surface area contributed by atoms with E-state index in [4.69, 9.17) is 14.2 Å². The van der Waals surface area contributed by atoms with Gasteiger partial charge in [0.05, 0.1) is 35.5 Å². The van der Waals surface area contributed by atoms with Crippen LogP contribution in [-0.4, -0.2) is 35.5 Å². The van der Waals surface area contributed by atoms with E-state index in [1.165, 1.54) is 47.6 Å². The van der Waals surface area contributed by atoms with E-state index < -0.39 is 29.3 Å². The van der Waals surface area contributed by atoms with E-state index in [2.05, 4.69) is 4.98 Å². The molecule has 1 saturated heterocycles. The first-order valence-corrected chi connectivity index (χ1v) is 14.6. The summed E-state index contributed by atoms with van der Waals surface area (Å²) in [5, 5.41) is 11.7. The number of methoxy groups -OCH3 is 1. The summed E-state index contributed by atoms with van der Waals surface area (Å²) in [4.78, 5) is 33.2. The quantitative estimate of drug-likeness (QED) is 0.109. The topological polar surface area (TPSA) is 98.2 Å². The molecule has 1 fully saturated rings. The van der Waals surface area contributed by atoms with E-state index in [1.54, 1.807) is 30.3 Å². The van der Waals surface area contributed by atoms with Crippen molar-refractivity contribution in [1.29, 1.82) is 0 Å². The average molecular weight is 611 g/mol.